The van der Waals surface area contributed by atoms with Crippen molar-refractivity contribution in [2.75, 3.05) is 25.5 Å². The summed E-state index contributed by atoms with van der Waals surface area (Å²) in [5.74, 6) is -1.36. The second kappa shape index (κ2) is 6.16. The van der Waals surface area contributed by atoms with E-state index in [-0.39, 0.29) is 17.4 Å². The Balaban J connectivity index is 3.00. The normalized spacial score (nSPS) is 11.9. The fourth-order valence-electron chi connectivity index (χ4n) is 1.79. The topological polar surface area (TPSA) is 69.6 Å². The summed E-state index contributed by atoms with van der Waals surface area (Å²) in [6.07, 6.45) is 0. The van der Waals surface area contributed by atoms with Crippen molar-refractivity contribution in [3.05, 3.63) is 29.8 Å². The van der Waals surface area contributed by atoms with Gasteiger partial charge in [-0.05, 0) is 19.2 Å². The Morgan fingerprint density at radius 2 is 2.00 bits per heavy atom. The van der Waals surface area contributed by atoms with Crippen LogP contribution in [0.15, 0.2) is 24.3 Å². The zero-order chi connectivity index (χ0) is 13.7. The number of rotatable bonds is 5. The molecule has 18 heavy (non-hydrogen) atoms. The van der Waals surface area contributed by atoms with Crippen LogP contribution in [0, 0.1) is 5.92 Å². The van der Waals surface area contributed by atoms with Gasteiger partial charge in [-0.15, -0.1) is 0 Å². The number of hydrogen-bond donors (Lipinski definition) is 2. The van der Waals surface area contributed by atoms with Gasteiger partial charge in [-0.25, -0.2) is 4.79 Å². The summed E-state index contributed by atoms with van der Waals surface area (Å²) in [5.41, 5.74) is 0.544. The van der Waals surface area contributed by atoms with Gasteiger partial charge in [-0.2, -0.15) is 0 Å². The zero-order valence-corrected chi connectivity index (χ0v) is 10.8. The molecule has 0 saturated heterocycles. The van der Waals surface area contributed by atoms with E-state index >= 15 is 0 Å². The third kappa shape index (κ3) is 3.07. The van der Waals surface area contributed by atoms with Gasteiger partial charge in [-0.3, -0.25) is 4.79 Å². The van der Waals surface area contributed by atoms with Crippen molar-refractivity contribution in [2.45, 2.75) is 6.92 Å². The molecule has 0 bridgehead atoms. The number of carbonyl (C=O) groups excluding carboxylic acids is 1. The first-order chi connectivity index (χ1) is 8.49. The van der Waals surface area contributed by atoms with E-state index in [2.05, 4.69) is 5.32 Å². The van der Waals surface area contributed by atoms with Crippen molar-refractivity contribution in [1.29, 1.82) is 0 Å². The predicted octanol–water partition coefficient (Wildman–Crippen LogP) is 1.20. The largest absolute Gasteiger partial charge is 0.478 e. The molecule has 2 N–H and O–H groups in total. The Bertz CT molecular complexity index is 446. The van der Waals surface area contributed by atoms with Crippen LogP contribution in [-0.4, -0.2) is 37.6 Å². The minimum atomic E-state index is -1.04. The lowest BCUT2D eigenvalue weighted by atomic mass is 10.1. The summed E-state index contributed by atoms with van der Waals surface area (Å²) < 4.78 is 0. The SMILES string of the molecule is CNCC(C)C(=O)N(C)c1ccccc1C(=O)O. The summed E-state index contributed by atoms with van der Waals surface area (Å²) in [6, 6.07) is 6.48. The van der Waals surface area contributed by atoms with E-state index in [1.165, 1.54) is 11.0 Å². The van der Waals surface area contributed by atoms with Crippen LogP contribution >= 0.6 is 0 Å². The van der Waals surface area contributed by atoms with E-state index in [1.54, 1.807) is 39.2 Å². The third-order valence-electron chi connectivity index (χ3n) is 2.76. The molecule has 1 amide bonds. The highest BCUT2D eigenvalue weighted by Crippen LogP contribution is 2.20. The van der Waals surface area contributed by atoms with E-state index in [0.717, 1.165) is 0 Å². The molecule has 5 nitrogen and oxygen atoms in total. The second-order valence-electron chi connectivity index (χ2n) is 4.18. The molecule has 0 heterocycles. The van der Waals surface area contributed by atoms with Crippen molar-refractivity contribution < 1.29 is 14.7 Å². The average Bonchev–Trinajstić information content (AvgIpc) is 2.37. The second-order valence-corrected chi connectivity index (χ2v) is 4.18. The highest BCUT2D eigenvalue weighted by Gasteiger charge is 2.21. The average molecular weight is 250 g/mol. The van der Waals surface area contributed by atoms with Crippen LogP contribution in [0.1, 0.15) is 17.3 Å². The number of nitrogens with zero attached hydrogens (tertiary/aromatic N) is 1. The number of carbonyl (C=O) groups is 2. The molecule has 5 heteroatoms. The molecule has 0 fully saturated rings. The maximum absolute atomic E-state index is 12.1. The van der Waals surface area contributed by atoms with E-state index < -0.39 is 5.97 Å². The number of aromatic carboxylic acids is 1. The van der Waals surface area contributed by atoms with Crippen LogP contribution in [0.4, 0.5) is 5.69 Å². The molecule has 0 spiro atoms. The fraction of sp³-hybridized carbons (Fsp3) is 0.385. The molecular formula is C13H18N2O3. The lowest BCUT2D eigenvalue weighted by molar-refractivity contribution is -0.121. The third-order valence-corrected chi connectivity index (χ3v) is 2.76. The Hall–Kier alpha value is -1.88. The molecule has 0 aliphatic rings. The van der Waals surface area contributed by atoms with E-state index in [0.29, 0.717) is 12.2 Å². The number of benzene rings is 1. The number of nitrogens with one attached hydrogen (secondary N) is 1. The maximum Gasteiger partial charge on any atom is 0.337 e. The Kier molecular flexibility index (Phi) is 4.85. The molecule has 0 saturated carbocycles. The van der Waals surface area contributed by atoms with E-state index in [4.69, 9.17) is 5.11 Å². The van der Waals surface area contributed by atoms with Crippen molar-refractivity contribution in [2.24, 2.45) is 5.92 Å². The molecule has 98 valence electrons. The van der Waals surface area contributed by atoms with Gasteiger partial charge in [0.05, 0.1) is 11.3 Å². The van der Waals surface area contributed by atoms with Crippen molar-refractivity contribution in [3.63, 3.8) is 0 Å². The number of anilines is 1. The first kappa shape index (κ1) is 14.2. The van der Waals surface area contributed by atoms with Gasteiger partial charge in [0.2, 0.25) is 5.91 Å². The Labute approximate surface area is 106 Å². The van der Waals surface area contributed by atoms with Crippen molar-refractivity contribution >= 4 is 17.6 Å². The summed E-state index contributed by atoms with van der Waals surface area (Å²) >= 11 is 0. The number of para-hydroxylation sites is 1. The van der Waals surface area contributed by atoms with Crippen LogP contribution in [-0.2, 0) is 4.79 Å². The zero-order valence-electron chi connectivity index (χ0n) is 10.8. The molecule has 1 unspecified atom stereocenters. The lowest BCUT2D eigenvalue weighted by Gasteiger charge is -2.22. The summed E-state index contributed by atoms with van der Waals surface area (Å²) in [5, 5.41) is 12.0. The summed E-state index contributed by atoms with van der Waals surface area (Å²) in [7, 11) is 3.37. The van der Waals surface area contributed by atoms with Crippen LogP contribution in [0.5, 0.6) is 0 Å². The first-order valence-corrected chi connectivity index (χ1v) is 5.73. The fourth-order valence-corrected chi connectivity index (χ4v) is 1.79. The predicted molar refractivity (Wildman–Crippen MR) is 69.9 cm³/mol. The van der Waals surface area contributed by atoms with Gasteiger partial charge >= 0.3 is 5.97 Å². The number of carboxylic acid groups (broad SMARTS) is 1. The summed E-state index contributed by atoms with van der Waals surface area (Å²) in [4.78, 5) is 24.6. The van der Waals surface area contributed by atoms with Gasteiger partial charge in [0.15, 0.2) is 0 Å². The van der Waals surface area contributed by atoms with Gasteiger partial charge in [0.25, 0.3) is 0 Å². The van der Waals surface area contributed by atoms with Gasteiger partial charge < -0.3 is 15.3 Å². The van der Waals surface area contributed by atoms with Crippen LogP contribution in [0.3, 0.4) is 0 Å². The molecule has 0 aromatic heterocycles. The van der Waals surface area contributed by atoms with E-state index in [1.807, 2.05) is 0 Å². The lowest BCUT2D eigenvalue weighted by Crippen LogP contribution is -2.36. The number of amides is 1. The van der Waals surface area contributed by atoms with E-state index in [9.17, 15) is 9.59 Å². The van der Waals surface area contributed by atoms with Gasteiger partial charge in [0.1, 0.15) is 0 Å². The molecule has 1 aromatic rings. The highest BCUT2D eigenvalue weighted by molar-refractivity contribution is 6.02. The van der Waals surface area contributed by atoms with Crippen LogP contribution in [0.25, 0.3) is 0 Å². The van der Waals surface area contributed by atoms with Crippen LogP contribution < -0.4 is 10.2 Å². The minimum absolute atomic E-state index is 0.113. The first-order valence-electron chi connectivity index (χ1n) is 5.73. The Morgan fingerprint density at radius 1 is 1.39 bits per heavy atom. The smallest absolute Gasteiger partial charge is 0.337 e. The molecule has 0 aliphatic carbocycles. The number of carboxylic acids is 1. The quantitative estimate of drug-likeness (QED) is 0.824. The van der Waals surface area contributed by atoms with Crippen molar-refractivity contribution in [3.8, 4) is 0 Å². The Morgan fingerprint density at radius 3 is 2.56 bits per heavy atom. The van der Waals surface area contributed by atoms with Crippen molar-refractivity contribution in [1.82, 2.24) is 5.32 Å². The van der Waals surface area contributed by atoms with Gasteiger partial charge in [-0.1, -0.05) is 19.1 Å². The minimum Gasteiger partial charge on any atom is -0.478 e. The standard InChI is InChI=1S/C13H18N2O3/c1-9(8-14-2)12(16)15(3)11-7-5-4-6-10(11)13(17)18/h4-7,9,14H,8H2,1-3H3,(H,17,18). The van der Waals surface area contributed by atoms with Crippen LogP contribution in [0.2, 0.25) is 0 Å². The molecule has 1 aromatic carbocycles. The maximum atomic E-state index is 12.1. The highest BCUT2D eigenvalue weighted by atomic mass is 16.4. The molecule has 0 radical (unpaired) electrons. The molecule has 1 rings (SSSR count). The summed E-state index contributed by atoms with van der Waals surface area (Å²) in [6.45, 7) is 2.36. The molecule has 0 aliphatic heterocycles. The van der Waals surface area contributed by atoms with Gasteiger partial charge in [0, 0.05) is 19.5 Å². The number of hydrogen-bond acceptors (Lipinski definition) is 3. The molecular weight excluding hydrogens is 232 g/mol. The monoisotopic (exact) mass is 250 g/mol. The molecule has 1 atom stereocenters.